The lowest BCUT2D eigenvalue weighted by molar-refractivity contribution is -0.124. The number of carbonyl (C=O) groups is 2. The van der Waals surface area contributed by atoms with Crippen LogP contribution >= 0.6 is 24.0 Å². The number of hydrogen-bond acceptors (Lipinski definition) is 4. The normalized spacial score (nSPS) is 16.5. The topological polar surface area (TPSA) is 49.4 Å². The number of amides is 2. The van der Waals surface area contributed by atoms with Crippen molar-refractivity contribution in [2.75, 3.05) is 6.54 Å². The molecule has 0 saturated carbocycles. The minimum atomic E-state index is -0.241. The lowest BCUT2D eigenvalue weighted by Crippen LogP contribution is -2.40. The van der Waals surface area contributed by atoms with Crippen LogP contribution in [-0.2, 0) is 16.0 Å². The number of benzene rings is 1. The maximum absolute atomic E-state index is 12.6. The maximum atomic E-state index is 12.6. The molecule has 1 heterocycles. The molecule has 1 aliphatic rings. The number of thiocarbonyl (C=S) groups is 1. The summed E-state index contributed by atoms with van der Waals surface area (Å²) < 4.78 is 0.558. The first-order valence-corrected chi connectivity index (χ1v) is 10.1. The predicted molar refractivity (Wildman–Crippen MR) is 113 cm³/mol. The Balaban J connectivity index is 1.93. The van der Waals surface area contributed by atoms with Gasteiger partial charge >= 0.3 is 0 Å². The van der Waals surface area contributed by atoms with Gasteiger partial charge in [0.2, 0.25) is 5.91 Å². The fourth-order valence-electron chi connectivity index (χ4n) is 2.57. The Hall–Kier alpha value is -1.66. The number of aryl methyl sites for hydroxylation is 1. The smallest absolute Gasteiger partial charge is 0.266 e. The molecule has 2 rings (SSSR count). The molecule has 0 spiro atoms. The van der Waals surface area contributed by atoms with Gasteiger partial charge in [-0.3, -0.25) is 14.5 Å². The molecule has 1 aliphatic heterocycles. The molecule has 1 fully saturated rings. The Labute approximate surface area is 165 Å². The molecule has 1 aromatic rings. The van der Waals surface area contributed by atoms with Gasteiger partial charge in [-0.2, -0.15) is 0 Å². The Morgan fingerprint density at radius 2 is 1.92 bits per heavy atom. The highest BCUT2D eigenvalue weighted by molar-refractivity contribution is 8.26. The van der Waals surface area contributed by atoms with Crippen molar-refractivity contribution >= 4 is 46.2 Å². The number of rotatable bonds is 6. The standard InChI is InChI=1S/C20H26N2O2S2/c1-5-14-8-10-15(11-9-14)13-16-18(24)22(19(25)26-16)12-6-7-17(23)21-20(2,3)4/h8-11,13H,5-7,12H2,1-4H3,(H,21,23). The molecule has 26 heavy (non-hydrogen) atoms. The van der Waals surface area contributed by atoms with Crippen molar-refractivity contribution in [1.82, 2.24) is 10.2 Å². The molecule has 1 saturated heterocycles. The second-order valence-electron chi connectivity index (χ2n) is 7.33. The molecule has 0 unspecified atom stereocenters. The molecule has 2 amide bonds. The summed E-state index contributed by atoms with van der Waals surface area (Å²) in [6.45, 7) is 8.43. The van der Waals surface area contributed by atoms with Gasteiger partial charge in [0, 0.05) is 18.5 Å². The molecular weight excluding hydrogens is 364 g/mol. The van der Waals surface area contributed by atoms with Gasteiger partial charge in [-0.25, -0.2) is 0 Å². The number of nitrogens with zero attached hydrogens (tertiary/aromatic N) is 1. The molecular formula is C20H26N2O2S2. The van der Waals surface area contributed by atoms with Gasteiger partial charge in [-0.05, 0) is 50.8 Å². The molecule has 0 atom stereocenters. The van der Waals surface area contributed by atoms with E-state index in [4.69, 9.17) is 12.2 Å². The first-order chi connectivity index (χ1) is 12.2. The molecule has 1 N–H and O–H groups in total. The van der Waals surface area contributed by atoms with Crippen molar-refractivity contribution in [3.63, 3.8) is 0 Å². The maximum Gasteiger partial charge on any atom is 0.266 e. The van der Waals surface area contributed by atoms with Gasteiger partial charge in [-0.15, -0.1) is 0 Å². The van der Waals surface area contributed by atoms with Crippen LogP contribution in [0.1, 0.15) is 51.7 Å². The summed E-state index contributed by atoms with van der Waals surface area (Å²) in [5.74, 6) is -0.0784. The Morgan fingerprint density at radius 3 is 2.50 bits per heavy atom. The molecule has 1 aromatic carbocycles. The third-order valence-corrected chi connectivity index (χ3v) is 5.24. The van der Waals surface area contributed by atoms with Gasteiger partial charge in [0.1, 0.15) is 4.32 Å². The second kappa shape index (κ2) is 8.82. The fourth-order valence-corrected chi connectivity index (χ4v) is 3.88. The van der Waals surface area contributed by atoms with E-state index in [0.717, 1.165) is 12.0 Å². The summed E-state index contributed by atoms with van der Waals surface area (Å²) in [6, 6.07) is 8.17. The van der Waals surface area contributed by atoms with Crippen molar-refractivity contribution in [2.45, 2.75) is 52.5 Å². The summed E-state index contributed by atoms with van der Waals surface area (Å²) in [7, 11) is 0. The zero-order valence-electron chi connectivity index (χ0n) is 15.8. The number of thioether (sulfide) groups is 1. The summed E-state index contributed by atoms with van der Waals surface area (Å²) in [5, 5.41) is 2.93. The molecule has 140 valence electrons. The van der Waals surface area contributed by atoms with E-state index in [1.165, 1.54) is 17.3 Å². The molecule has 4 nitrogen and oxygen atoms in total. The summed E-state index contributed by atoms with van der Waals surface area (Å²) in [4.78, 5) is 26.7. The Morgan fingerprint density at radius 1 is 1.27 bits per heavy atom. The van der Waals surface area contributed by atoms with Gasteiger partial charge < -0.3 is 5.32 Å². The summed E-state index contributed by atoms with van der Waals surface area (Å²) in [6.07, 6.45) is 3.84. The van der Waals surface area contributed by atoms with Crippen molar-refractivity contribution in [3.8, 4) is 0 Å². The van der Waals surface area contributed by atoms with E-state index in [2.05, 4.69) is 24.4 Å². The Kier molecular flexibility index (Phi) is 7.01. The second-order valence-corrected chi connectivity index (χ2v) is 9.01. The van der Waals surface area contributed by atoms with Crippen LogP contribution < -0.4 is 5.32 Å². The average Bonchev–Trinajstić information content (AvgIpc) is 2.81. The minimum Gasteiger partial charge on any atom is -0.352 e. The number of nitrogens with one attached hydrogen (secondary N) is 1. The van der Waals surface area contributed by atoms with E-state index in [0.29, 0.717) is 28.6 Å². The van der Waals surface area contributed by atoms with Gasteiger partial charge in [0.05, 0.1) is 4.91 Å². The SMILES string of the molecule is CCc1ccc(C=C2SC(=S)N(CCCC(=O)NC(C)(C)C)C2=O)cc1. The van der Waals surface area contributed by atoms with Crippen molar-refractivity contribution in [1.29, 1.82) is 0 Å². The Bertz CT molecular complexity index is 718. The van der Waals surface area contributed by atoms with E-state index in [9.17, 15) is 9.59 Å². The van der Waals surface area contributed by atoms with Crippen LogP contribution in [0.4, 0.5) is 0 Å². The van der Waals surface area contributed by atoms with Crippen molar-refractivity contribution < 1.29 is 9.59 Å². The van der Waals surface area contributed by atoms with Gasteiger partial charge in [-0.1, -0.05) is 55.2 Å². The monoisotopic (exact) mass is 390 g/mol. The fraction of sp³-hybridized carbons (Fsp3) is 0.450. The van der Waals surface area contributed by atoms with Crippen LogP contribution in [0.25, 0.3) is 6.08 Å². The van der Waals surface area contributed by atoms with E-state index in [-0.39, 0.29) is 17.4 Å². The van der Waals surface area contributed by atoms with Crippen LogP contribution in [0.5, 0.6) is 0 Å². The molecule has 6 heteroatoms. The van der Waals surface area contributed by atoms with Crippen molar-refractivity contribution in [2.24, 2.45) is 0 Å². The largest absolute Gasteiger partial charge is 0.352 e. The molecule has 0 aromatic heterocycles. The first kappa shape index (κ1) is 20.6. The number of hydrogen-bond donors (Lipinski definition) is 1. The van der Waals surface area contributed by atoms with Gasteiger partial charge in [0.15, 0.2) is 0 Å². The highest BCUT2D eigenvalue weighted by atomic mass is 32.2. The van der Waals surface area contributed by atoms with Crippen LogP contribution in [0.15, 0.2) is 29.2 Å². The third-order valence-electron chi connectivity index (χ3n) is 3.86. The predicted octanol–water partition coefficient (Wildman–Crippen LogP) is 4.15. The molecule has 0 aliphatic carbocycles. The van der Waals surface area contributed by atoms with Crippen LogP contribution in [-0.4, -0.2) is 33.1 Å². The quantitative estimate of drug-likeness (QED) is 0.586. The first-order valence-electron chi connectivity index (χ1n) is 8.85. The third kappa shape index (κ3) is 5.95. The lowest BCUT2D eigenvalue weighted by atomic mass is 10.1. The molecule has 0 bridgehead atoms. The zero-order valence-corrected chi connectivity index (χ0v) is 17.4. The van der Waals surface area contributed by atoms with Gasteiger partial charge in [0.25, 0.3) is 5.91 Å². The van der Waals surface area contributed by atoms with Crippen molar-refractivity contribution in [3.05, 3.63) is 40.3 Å². The number of carbonyl (C=O) groups excluding carboxylic acids is 2. The van der Waals surface area contributed by atoms with E-state index in [1.807, 2.05) is 39.0 Å². The minimum absolute atomic E-state index is 0.00510. The summed E-state index contributed by atoms with van der Waals surface area (Å²) >= 11 is 6.67. The van der Waals surface area contributed by atoms with E-state index >= 15 is 0 Å². The summed E-state index contributed by atoms with van der Waals surface area (Å²) in [5.41, 5.74) is 2.02. The van der Waals surface area contributed by atoms with Crippen LogP contribution in [0.3, 0.4) is 0 Å². The van der Waals surface area contributed by atoms with E-state index in [1.54, 1.807) is 4.90 Å². The zero-order chi connectivity index (χ0) is 19.3. The molecule has 0 radical (unpaired) electrons. The lowest BCUT2D eigenvalue weighted by Gasteiger charge is -2.21. The van der Waals surface area contributed by atoms with Crippen LogP contribution in [0.2, 0.25) is 0 Å². The highest BCUT2D eigenvalue weighted by Gasteiger charge is 2.31. The highest BCUT2D eigenvalue weighted by Crippen LogP contribution is 2.32. The van der Waals surface area contributed by atoms with E-state index < -0.39 is 0 Å². The van der Waals surface area contributed by atoms with Crippen LogP contribution in [0, 0.1) is 0 Å². The average molecular weight is 391 g/mol.